The van der Waals surface area contributed by atoms with Crippen molar-refractivity contribution in [3.63, 3.8) is 0 Å². The molecule has 0 aliphatic rings. The Bertz CT molecular complexity index is 566. The molecule has 18 heavy (non-hydrogen) atoms. The van der Waals surface area contributed by atoms with E-state index in [2.05, 4.69) is 5.32 Å². The first-order chi connectivity index (χ1) is 8.69. The van der Waals surface area contributed by atoms with Crippen LogP contribution >= 0.6 is 11.6 Å². The maximum Gasteiger partial charge on any atom is 0.224 e. The molecule has 2 aromatic carbocycles. The van der Waals surface area contributed by atoms with E-state index in [0.29, 0.717) is 11.4 Å². The highest BCUT2D eigenvalue weighted by atomic mass is 35.5. The summed E-state index contributed by atoms with van der Waals surface area (Å²) < 4.78 is 0. The molecule has 92 valence electrons. The highest BCUT2D eigenvalue weighted by Crippen LogP contribution is 2.23. The smallest absolute Gasteiger partial charge is 0.224 e. The van der Waals surface area contributed by atoms with Crippen LogP contribution in [0, 0.1) is 0 Å². The predicted molar refractivity (Wildman–Crippen MR) is 74.7 cm³/mol. The fraction of sp³-hybridized carbons (Fsp3) is 0.133. The van der Waals surface area contributed by atoms with Crippen LogP contribution in [0.5, 0.6) is 0 Å². The molecule has 0 heterocycles. The van der Waals surface area contributed by atoms with E-state index in [1.807, 2.05) is 48.5 Å². The predicted octanol–water partition coefficient (Wildman–Crippen LogP) is 3.30. The molecule has 2 nitrogen and oxygen atoms in total. The second kappa shape index (κ2) is 5.69. The quantitative estimate of drug-likeness (QED) is 0.900. The second-order valence-electron chi connectivity index (χ2n) is 4.06. The third kappa shape index (κ3) is 3.11. The standard InChI is InChI=1S/C15H14ClNO/c1-17-15(18)9-11-4-2-5-12(8-11)13-6-3-7-14(16)10-13/h2-8,10H,9H2,1H3,(H,17,18). The zero-order chi connectivity index (χ0) is 13.0. The zero-order valence-corrected chi connectivity index (χ0v) is 10.9. The van der Waals surface area contributed by atoms with Crippen molar-refractivity contribution in [3.05, 3.63) is 59.1 Å². The third-order valence-electron chi connectivity index (χ3n) is 2.73. The van der Waals surface area contributed by atoms with Gasteiger partial charge in [-0.25, -0.2) is 0 Å². The van der Waals surface area contributed by atoms with Crippen molar-refractivity contribution in [1.29, 1.82) is 0 Å². The van der Waals surface area contributed by atoms with E-state index >= 15 is 0 Å². The first-order valence-electron chi connectivity index (χ1n) is 5.74. The molecule has 0 saturated heterocycles. The molecule has 0 spiro atoms. The van der Waals surface area contributed by atoms with Gasteiger partial charge in [-0.3, -0.25) is 4.79 Å². The number of carbonyl (C=O) groups is 1. The average Bonchev–Trinajstić information content (AvgIpc) is 2.39. The van der Waals surface area contributed by atoms with E-state index in [0.717, 1.165) is 16.7 Å². The highest BCUT2D eigenvalue weighted by Gasteiger charge is 2.03. The molecule has 0 saturated carbocycles. The highest BCUT2D eigenvalue weighted by molar-refractivity contribution is 6.30. The summed E-state index contributed by atoms with van der Waals surface area (Å²) in [6, 6.07) is 15.6. The van der Waals surface area contributed by atoms with E-state index in [1.54, 1.807) is 7.05 Å². The van der Waals surface area contributed by atoms with Crippen LogP contribution in [0.3, 0.4) is 0 Å². The van der Waals surface area contributed by atoms with Crippen molar-refractivity contribution in [3.8, 4) is 11.1 Å². The van der Waals surface area contributed by atoms with Gasteiger partial charge in [-0.15, -0.1) is 0 Å². The van der Waals surface area contributed by atoms with Crippen LogP contribution in [-0.2, 0) is 11.2 Å². The van der Waals surface area contributed by atoms with E-state index in [4.69, 9.17) is 11.6 Å². The van der Waals surface area contributed by atoms with E-state index in [1.165, 1.54) is 0 Å². The molecule has 0 fully saturated rings. The number of hydrogen-bond acceptors (Lipinski definition) is 1. The number of benzene rings is 2. The van der Waals surface area contributed by atoms with Gasteiger partial charge in [0.1, 0.15) is 0 Å². The van der Waals surface area contributed by atoms with Gasteiger partial charge in [0.05, 0.1) is 6.42 Å². The monoisotopic (exact) mass is 259 g/mol. The number of amides is 1. The average molecular weight is 260 g/mol. The fourth-order valence-corrected chi connectivity index (χ4v) is 1.99. The van der Waals surface area contributed by atoms with Gasteiger partial charge < -0.3 is 5.32 Å². The summed E-state index contributed by atoms with van der Waals surface area (Å²) >= 11 is 5.98. The molecule has 0 aromatic heterocycles. The minimum absolute atomic E-state index is 0.0123. The summed E-state index contributed by atoms with van der Waals surface area (Å²) in [4.78, 5) is 11.4. The molecule has 1 amide bonds. The Hall–Kier alpha value is -1.80. The lowest BCUT2D eigenvalue weighted by Crippen LogP contribution is -2.19. The lowest BCUT2D eigenvalue weighted by Gasteiger charge is -2.05. The number of carbonyl (C=O) groups excluding carboxylic acids is 1. The van der Waals surface area contributed by atoms with Crippen molar-refractivity contribution in [2.75, 3.05) is 7.05 Å². The lowest BCUT2D eigenvalue weighted by molar-refractivity contribution is -0.119. The summed E-state index contributed by atoms with van der Waals surface area (Å²) in [5.41, 5.74) is 3.12. The van der Waals surface area contributed by atoms with Crippen LogP contribution < -0.4 is 5.32 Å². The molecule has 0 bridgehead atoms. The molecular formula is C15H14ClNO. The van der Waals surface area contributed by atoms with Crippen LogP contribution in [0.25, 0.3) is 11.1 Å². The van der Waals surface area contributed by atoms with Crippen molar-refractivity contribution in [2.45, 2.75) is 6.42 Å². The van der Waals surface area contributed by atoms with Crippen LogP contribution in [0.4, 0.5) is 0 Å². The number of halogens is 1. The molecule has 2 aromatic rings. The van der Waals surface area contributed by atoms with Crippen LogP contribution in [0.2, 0.25) is 5.02 Å². The van der Waals surface area contributed by atoms with Crippen LogP contribution in [-0.4, -0.2) is 13.0 Å². The number of likely N-dealkylation sites (N-methyl/N-ethyl adjacent to an activating group) is 1. The molecule has 0 unspecified atom stereocenters. The van der Waals surface area contributed by atoms with Crippen molar-refractivity contribution < 1.29 is 4.79 Å². The Labute approximate surface area is 112 Å². The zero-order valence-electron chi connectivity index (χ0n) is 10.1. The fourth-order valence-electron chi connectivity index (χ4n) is 1.80. The first-order valence-corrected chi connectivity index (χ1v) is 6.12. The second-order valence-corrected chi connectivity index (χ2v) is 4.50. The van der Waals surface area contributed by atoms with Crippen molar-refractivity contribution >= 4 is 17.5 Å². The minimum atomic E-state index is 0.0123. The van der Waals surface area contributed by atoms with E-state index in [9.17, 15) is 4.79 Å². The van der Waals surface area contributed by atoms with Gasteiger partial charge in [-0.2, -0.15) is 0 Å². The molecule has 0 aliphatic carbocycles. The SMILES string of the molecule is CNC(=O)Cc1cccc(-c2cccc(Cl)c2)c1. The summed E-state index contributed by atoms with van der Waals surface area (Å²) in [7, 11) is 1.64. The van der Waals surface area contributed by atoms with E-state index in [-0.39, 0.29) is 5.91 Å². The summed E-state index contributed by atoms with van der Waals surface area (Å²) in [5, 5.41) is 3.33. The maximum absolute atomic E-state index is 11.4. The summed E-state index contributed by atoms with van der Waals surface area (Å²) in [6.07, 6.45) is 0.394. The topological polar surface area (TPSA) is 29.1 Å². The van der Waals surface area contributed by atoms with Crippen LogP contribution in [0.1, 0.15) is 5.56 Å². The Morgan fingerprint density at radius 2 is 1.78 bits per heavy atom. The maximum atomic E-state index is 11.4. The molecule has 0 radical (unpaired) electrons. The third-order valence-corrected chi connectivity index (χ3v) is 2.96. The first kappa shape index (κ1) is 12.7. The summed E-state index contributed by atoms with van der Waals surface area (Å²) in [5.74, 6) is 0.0123. The Morgan fingerprint density at radius 3 is 2.44 bits per heavy atom. The molecule has 3 heteroatoms. The number of hydrogen-bond donors (Lipinski definition) is 1. The van der Waals surface area contributed by atoms with Crippen LogP contribution in [0.15, 0.2) is 48.5 Å². The largest absolute Gasteiger partial charge is 0.359 e. The van der Waals surface area contributed by atoms with E-state index < -0.39 is 0 Å². The van der Waals surface area contributed by atoms with Crippen molar-refractivity contribution in [1.82, 2.24) is 5.32 Å². The van der Waals surface area contributed by atoms with Crippen molar-refractivity contribution in [2.24, 2.45) is 0 Å². The van der Waals surface area contributed by atoms with Gasteiger partial charge in [0.2, 0.25) is 5.91 Å². The molecule has 0 atom stereocenters. The van der Waals surface area contributed by atoms with Gasteiger partial charge in [0.15, 0.2) is 0 Å². The Kier molecular flexibility index (Phi) is 4.00. The molecular weight excluding hydrogens is 246 g/mol. The Morgan fingerprint density at radius 1 is 1.11 bits per heavy atom. The van der Waals surface area contributed by atoms with Gasteiger partial charge in [-0.05, 0) is 28.8 Å². The normalized spacial score (nSPS) is 10.1. The van der Waals surface area contributed by atoms with Gasteiger partial charge in [-0.1, -0.05) is 48.0 Å². The van der Waals surface area contributed by atoms with Gasteiger partial charge >= 0.3 is 0 Å². The van der Waals surface area contributed by atoms with Gasteiger partial charge in [0.25, 0.3) is 0 Å². The number of nitrogens with one attached hydrogen (secondary N) is 1. The Balaban J connectivity index is 2.29. The minimum Gasteiger partial charge on any atom is -0.359 e. The molecule has 0 aliphatic heterocycles. The molecule has 1 N–H and O–H groups in total. The van der Waals surface area contributed by atoms with Gasteiger partial charge in [0, 0.05) is 12.1 Å². The molecule has 2 rings (SSSR count). The lowest BCUT2D eigenvalue weighted by atomic mass is 10.0. The number of rotatable bonds is 3. The summed E-state index contributed by atoms with van der Waals surface area (Å²) in [6.45, 7) is 0.